The summed E-state index contributed by atoms with van der Waals surface area (Å²) in [5, 5.41) is 11.9. The topological polar surface area (TPSA) is 95.9 Å². The van der Waals surface area contributed by atoms with Crippen molar-refractivity contribution in [1.29, 1.82) is 0 Å². The number of nitrogens with zero attached hydrogens (tertiary/aromatic N) is 1. The van der Waals surface area contributed by atoms with Crippen molar-refractivity contribution in [3.05, 3.63) is 59.7 Å². The van der Waals surface area contributed by atoms with Crippen molar-refractivity contribution < 1.29 is 28.6 Å². The van der Waals surface area contributed by atoms with Crippen LogP contribution in [0.25, 0.3) is 11.1 Å². The van der Waals surface area contributed by atoms with Crippen LogP contribution in [-0.4, -0.2) is 58.9 Å². The van der Waals surface area contributed by atoms with Gasteiger partial charge in [0.2, 0.25) is 5.91 Å². The molecule has 0 bridgehead atoms. The number of nitrogens with one attached hydrogen (secondary N) is 1. The third-order valence-electron chi connectivity index (χ3n) is 5.76. The molecular weight excluding hydrogens is 439 g/mol. The number of carboxylic acids is 1. The van der Waals surface area contributed by atoms with E-state index in [-0.39, 0.29) is 24.4 Å². The molecule has 0 unspecified atom stereocenters. The van der Waals surface area contributed by atoms with E-state index in [0.29, 0.717) is 6.54 Å². The lowest BCUT2D eigenvalue weighted by Gasteiger charge is -2.30. The molecule has 2 amide bonds. The second-order valence-electron chi connectivity index (χ2n) is 9.59. The molecule has 34 heavy (non-hydrogen) atoms. The SMILES string of the molecule is C[C@@H](c1ccc(-c2cccc(C(=O)O)c2)cc1)[C@H](NC(=O)OC(C)(C)C)C(=O)N1CC[C@H](F)C1. The highest BCUT2D eigenvalue weighted by Crippen LogP contribution is 2.27. The van der Waals surface area contributed by atoms with Crippen LogP contribution in [0.4, 0.5) is 9.18 Å². The molecule has 2 N–H and O–H groups in total. The zero-order valence-corrected chi connectivity index (χ0v) is 19.9. The lowest BCUT2D eigenvalue weighted by Crippen LogP contribution is -2.51. The number of alkyl carbamates (subject to hydrolysis) is 1. The summed E-state index contributed by atoms with van der Waals surface area (Å²) in [4.78, 5) is 38.4. The second-order valence-corrected chi connectivity index (χ2v) is 9.59. The Morgan fingerprint density at radius 3 is 2.35 bits per heavy atom. The minimum atomic E-state index is -1.07. The number of rotatable bonds is 6. The molecule has 1 aliphatic heterocycles. The molecule has 0 spiro atoms. The highest BCUT2D eigenvalue weighted by molar-refractivity contribution is 5.89. The maximum absolute atomic E-state index is 13.7. The van der Waals surface area contributed by atoms with Crippen LogP contribution in [-0.2, 0) is 9.53 Å². The van der Waals surface area contributed by atoms with Gasteiger partial charge in [-0.25, -0.2) is 14.0 Å². The monoisotopic (exact) mass is 470 g/mol. The number of benzene rings is 2. The number of aromatic carboxylic acids is 1. The van der Waals surface area contributed by atoms with Gasteiger partial charge in [0.15, 0.2) is 0 Å². The Hall–Kier alpha value is -3.42. The van der Waals surface area contributed by atoms with Crippen molar-refractivity contribution in [2.75, 3.05) is 13.1 Å². The smallest absolute Gasteiger partial charge is 0.408 e. The van der Waals surface area contributed by atoms with Gasteiger partial charge < -0.3 is 20.1 Å². The van der Waals surface area contributed by atoms with Crippen LogP contribution < -0.4 is 5.32 Å². The third kappa shape index (κ3) is 6.34. The molecule has 3 rings (SSSR count). The van der Waals surface area contributed by atoms with Crippen LogP contribution in [0.1, 0.15) is 56.0 Å². The number of halogens is 1. The Balaban J connectivity index is 1.84. The van der Waals surface area contributed by atoms with Crippen LogP contribution in [0.2, 0.25) is 0 Å². The molecule has 0 aliphatic carbocycles. The number of hydrogen-bond acceptors (Lipinski definition) is 4. The van der Waals surface area contributed by atoms with Gasteiger partial charge >= 0.3 is 12.1 Å². The van der Waals surface area contributed by atoms with E-state index >= 15 is 0 Å². The van der Waals surface area contributed by atoms with Crippen molar-refractivity contribution in [2.24, 2.45) is 0 Å². The van der Waals surface area contributed by atoms with Crippen molar-refractivity contribution >= 4 is 18.0 Å². The summed E-state index contributed by atoms with van der Waals surface area (Å²) >= 11 is 0. The molecule has 7 nitrogen and oxygen atoms in total. The Morgan fingerprint density at radius 1 is 1.12 bits per heavy atom. The molecule has 0 radical (unpaired) electrons. The number of amides is 2. The predicted octanol–water partition coefficient (Wildman–Crippen LogP) is 4.62. The molecule has 1 fully saturated rings. The van der Waals surface area contributed by atoms with E-state index in [2.05, 4.69) is 5.32 Å². The first-order valence-corrected chi connectivity index (χ1v) is 11.3. The molecule has 1 aliphatic rings. The highest BCUT2D eigenvalue weighted by atomic mass is 19.1. The van der Waals surface area contributed by atoms with Gasteiger partial charge in [0.05, 0.1) is 12.1 Å². The van der Waals surface area contributed by atoms with Crippen LogP contribution in [0.5, 0.6) is 0 Å². The Kier molecular flexibility index (Phi) is 7.59. The summed E-state index contributed by atoms with van der Waals surface area (Å²) in [6.07, 6.45) is -1.50. The zero-order chi connectivity index (χ0) is 25.0. The van der Waals surface area contributed by atoms with Crippen LogP contribution in [0, 0.1) is 0 Å². The van der Waals surface area contributed by atoms with Gasteiger partial charge in [0.25, 0.3) is 0 Å². The minimum Gasteiger partial charge on any atom is -0.478 e. The largest absolute Gasteiger partial charge is 0.478 e. The van der Waals surface area contributed by atoms with Gasteiger partial charge in [-0.15, -0.1) is 0 Å². The predicted molar refractivity (Wildman–Crippen MR) is 127 cm³/mol. The van der Waals surface area contributed by atoms with Crippen LogP contribution >= 0.6 is 0 Å². The molecule has 2 aromatic carbocycles. The summed E-state index contributed by atoms with van der Waals surface area (Å²) in [5.74, 6) is -1.77. The van der Waals surface area contributed by atoms with Gasteiger partial charge in [-0.1, -0.05) is 43.3 Å². The van der Waals surface area contributed by atoms with Crippen molar-refractivity contribution in [3.8, 4) is 11.1 Å². The van der Waals surface area contributed by atoms with Gasteiger partial charge in [0.1, 0.15) is 17.8 Å². The summed E-state index contributed by atoms with van der Waals surface area (Å²) in [6.45, 7) is 7.34. The number of carbonyl (C=O) groups is 3. The molecule has 1 heterocycles. The number of carbonyl (C=O) groups excluding carboxylic acids is 2. The summed E-state index contributed by atoms with van der Waals surface area (Å²) < 4.78 is 19.1. The van der Waals surface area contributed by atoms with E-state index in [1.165, 1.54) is 11.0 Å². The first-order chi connectivity index (χ1) is 15.9. The standard InChI is InChI=1S/C26H31FN2O5/c1-16(17-8-10-18(11-9-17)19-6-5-7-20(14-19)24(31)32)22(28-25(33)34-26(2,3)4)23(30)29-13-12-21(27)15-29/h5-11,14,16,21-22H,12-13,15H2,1-4H3,(H,28,33)(H,31,32)/t16-,21-,22-/m0/s1. The number of carboxylic acid groups (broad SMARTS) is 1. The minimum absolute atomic E-state index is 0.0108. The Labute approximate surface area is 198 Å². The molecule has 8 heteroatoms. The van der Waals surface area contributed by atoms with Gasteiger partial charge in [0, 0.05) is 12.5 Å². The average Bonchev–Trinajstić information content (AvgIpc) is 3.22. The van der Waals surface area contributed by atoms with E-state index in [4.69, 9.17) is 4.74 Å². The van der Waals surface area contributed by atoms with Crippen LogP contribution in [0.15, 0.2) is 48.5 Å². The normalized spacial score (nSPS) is 17.7. The molecule has 2 aromatic rings. The Bertz CT molecular complexity index is 1050. The number of hydrogen-bond donors (Lipinski definition) is 2. The first-order valence-electron chi connectivity index (χ1n) is 11.3. The summed E-state index contributed by atoms with van der Waals surface area (Å²) in [5.41, 5.74) is 1.83. The molecule has 0 aromatic heterocycles. The Morgan fingerprint density at radius 2 is 1.79 bits per heavy atom. The fourth-order valence-corrected chi connectivity index (χ4v) is 3.95. The van der Waals surface area contributed by atoms with Crippen molar-refractivity contribution in [3.63, 3.8) is 0 Å². The van der Waals surface area contributed by atoms with Crippen LogP contribution in [0.3, 0.4) is 0 Å². The lowest BCUT2D eigenvalue weighted by molar-refractivity contribution is -0.133. The maximum atomic E-state index is 13.7. The summed E-state index contributed by atoms with van der Waals surface area (Å²) in [6, 6.07) is 13.1. The lowest BCUT2D eigenvalue weighted by atomic mass is 9.90. The third-order valence-corrected chi connectivity index (χ3v) is 5.76. The number of likely N-dealkylation sites (tertiary alicyclic amines) is 1. The zero-order valence-electron chi connectivity index (χ0n) is 19.9. The van der Waals surface area contributed by atoms with E-state index in [9.17, 15) is 23.9 Å². The molecule has 0 saturated carbocycles. The molecule has 182 valence electrons. The summed E-state index contributed by atoms with van der Waals surface area (Å²) in [7, 11) is 0. The van der Waals surface area contributed by atoms with Gasteiger partial charge in [-0.05, 0) is 56.0 Å². The molecule has 3 atom stereocenters. The first kappa shape index (κ1) is 25.2. The van der Waals surface area contributed by atoms with Crippen molar-refractivity contribution in [1.82, 2.24) is 10.2 Å². The fourth-order valence-electron chi connectivity index (χ4n) is 3.95. The highest BCUT2D eigenvalue weighted by Gasteiger charge is 2.36. The van der Waals surface area contributed by atoms with E-state index in [1.807, 2.05) is 37.3 Å². The van der Waals surface area contributed by atoms with E-state index in [0.717, 1.165) is 16.7 Å². The van der Waals surface area contributed by atoms with Gasteiger partial charge in [-0.2, -0.15) is 0 Å². The molecule has 1 saturated heterocycles. The van der Waals surface area contributed by atoms with E-state index < -0.39 is 35.8 Å². The van der Waals surface area contributed by atoms with Gasteiger partial charge in [-0.3, -0.25) is 4.79 Å². The quantitative estimate of drug-likeness (QED) is 0.642. The maximum Gasteiger partial charge on any atom is 0.408 e. The number of ether oxygens (including phenoxy) is 1. The average molecular weight is 471 g/mol. The number of alkyl halides is 1. The molecular formula is C26H31FN2O5. The second kappa shape index (κ2) is 10.2. The van der Waals surface area contributed by atoms with E-state index in [1.54, 1.807) is 32.9 Å². The fraction of sp³-hybridized carbons (Fsp3) is 0.423. The van der Waals surface area contributed by atoms with Crippen molar-refractivity contribution in [2.45, 2.75) is 57.8 Å².